The van der Waals surface area contributed by atoms with Gasteiger partial charge in [0.1, 0.15) is 11.5 Å². The van der Waals surface area contributed by atoms with Gasteiger partial charge >= 0.3 is 11.9 Å². The van der Waals surface area contributed by atoms with E-state index in [1.165, 1.54) is 18.2 Å². The van der Waals surface area contributed by atoms with Crippen molar-refractivity contribution in [1.82, 2.24) is 0 Å². The van der Waals surface area contributed by atoms with Crippen LogP contribution in [0.5, 0.6) is 23.0 Å². The Morgan fingerprint density at radius 1 is 0.682 bits per heavy atom. The lowest BCUT2D eigenvalue weighted by atomic mass is 9.83. The molecular weight excluding hydrogens is 558 g/mol. The highest BCUT2D eigenvalue weighted by Gasteiger charge is 2.30. The number of aryl methyl sites for hydroxylation is 4. The molecule has 1 unspecified atom stereocenters. The molecule has 2 N–H and O–H groups in total. The van der Waals surface area contributed by atoms with Gasteiger partial charge < -0.3 is 24.7 Å². The van der Waals surface area contributed by atoms with E-state index in [9.17, 15) is 14.4 Å². The van der Waals surface area contributed by atoms with Gasteiger partial charge in [-0.25, -0.2) is 9.59 Å². The summed E-state index contributed by atoms with van der Waals surface area (Å²) < 4.78 is 23.2. The van der Waals surface area contributed by atoms with Crippen LogP contribution in [-0.2, 0) is 0 Å². The summed E-state index contributed by atoms with van der Waals surface area (Å²) in [6.07, 6.45) is 1.71. The Bertz CT molecular complexity index is 1490. The first-order chi connectivity index (χ1) is 20.7. The van der Waals surface area contributed by atoms with Crippen molar-refractivity contribution in [3.63, 3.8) is 0 Å². The summed E-state index contributed by atoms with van der Waals surface area (Å²) in [5.41, 5.74) is 9.40. The molecule has 0 heterocycles. The molecule has 0 aliphatic carbocycles. The number of ether oxygens (including phenoxy) is 4. The molecule has 3 aromatic rings. The fourth-order valence-electron chi connectivity index (χ4n) is 4.80. The monoisotopic (exact) mass is 603 g/mol. The quantitative estimate of drug-likeness (QED) is 0.129. The van der Waals surface area contributed by atoms with E-state index in [1.807, 2.05) is 34.6 Å². The highest BCUT2D eigenvalue weighted by Crippen LogP contribution is 2.34. The molecule has 236 valence electrons. The molecule has 0 spiro atoms. The van der Waals surface area contributed by atoms with Crippen LogP contribution in [0.2, 0.25) is 0 Å². The number of carbonyl (C=O) groups excluding carboxylic acids is 3. The van der Waals surface area contributed by atoms with Crippen molar-refractivity contribution in [1.29, 1.82) is 0 Å². The third-order valence-electron chi connectivity index (χ3n) is 7.22. The first-order valence-electron chi connectivity index (χ1n) is 15.0. The standard InChI is InChI=1S/C36H45NO7/c1-10-14-41-26-16-21(3)30(22(4)17-26)34(39)43-28-13-12-25(32(38)33(37)36(7,8)9)20-29(28)44-35(40)31-23(5)18-27(19-24(31)6)42-15-11-2/h12-13,16-20,33H,10-11,14-15,37H2,1-9H3. The number of rotatable bonds is 12. The van der Waals surface area contributed by atoms with Gasteiger partial charge in [-0.1, -0.05) is 34.6 Å². The van der Waals surface area contributed by atoms with Gasteiger partial charge in [0.25, 0.3) is 0 Å². The second kappa shape index (κ2) is 14.5. The lowest BCUT2D eigenvalue weighted by Crippen LogP contribution is -2.42. The summed E-state index contributed by atoms with van der Waals surface area (Å²) in [5.74, 6) is -0.363. The summed E-state index contributed by atoms with van der Waals surface area (Å²) in [6.45, 7) is 18.0. The fourth-order valence-corrected chi connectivity index (χ4v) is 4.80. The zero-order chi connectivity index (χ0) is 32.8. The normalized spacial score (nSPS) is 12.0. The number of carbonyl (C=O) groups is 3. The van der Waals surface area contributed by atoms with E-state index in [0.717, 1.165) is 12.8 Å². The SMILES string of the molecule is CCCOc1cc(C)c(C(=O)Oc2ccc(C(=O)C(N)C(C)(C)C)cc2OC(=O)c2c(C)cc(OCCC)cc2C)c(C)c1. The number of nitrogens with two attached hydrogens (primary N) is 1. The molecule has 0 amide bonds. The van der Waals surface area contributed by atoms with Crippen molar-refractivity contribution in [2.24, 2.45) is 11.1 Å². The summed E-state index contributed by atoms with van der Waals surface area (Å²) in [7, 11) is 0. The van der Waals surface area contributed by atoms with Crippen molar-refractivity contribution in [3.05, 3.63) is 81.4 Å². The minimum Gasteiger partial charge on any atom is -0.494 e. The number of esters is 2. The maximum Gasteiger partial charge on any atom is 0.344 e. The van der Waals surface area contributed by atoms with Crippen molar-refractivity contribution >= 4 is 17.7 Å². The Morgan fingerprint density at radius 2 is 1.09 bits per heavy atom. The van der Waals surface area contributed by atoms with Crippen LogP contribution in [-0.4, -0.2) is 37.0 Å². The van der Waals surface area contributed by atoms with Crippen LogP contribution < -0.4 is 24.7 Å². The average molecular weight is 604 g/mol. The highest BCUT2D eigenvalue weighted by atomic mass is 16.6. The van der Waals surface area contributed by atoms with Gasteiger partial charge in [-0.2, -0.15) is 0 Å². The molecule has 0 saturated carbocycles. The number of hydrogen-bond donors (Lipinski definition) is 1. The number of benzene rings is 3. The predicted octanol–water partition coefficient (Wildman–Crippen LogP) is 7.49. The van der Waals surface area contributed by atoms with Crippen LogP contribution in [0, 0.1) is 33.1 Å². The van der Waals surface area contributed by atoms with Crippen LogP contribution in [0.1, 0.15) is 101 Å². The Hall–Kier alpha value is -4.17. The Balaban J connectivity index is 2.02. The lowest BCUT2D eigenvalue weighted by molar-refractivity contribution is 0.0680. The van der Waals surface area contributed by atoms with E-state index < -0.39 is 23.4 Å². The molecule has 0 fully saturated rings. The van der Waals surface area contributed by atoms with Crippen LogP contribution in [0.4, 0.5) is 0 Å². The van der Waals surface area contributed by atoms with Gasteiger partial charge in [-0.05, 0) is 111 Å². The van der Waals surface area contributed by atoms with Gasteiger partial charge in [0.15, 0.2) is 17.3 Å². The van der Waals surface area contributed by atoms with E-state index in [0.29, 0.717) is 58.1 Å². The lowest BCUT2D eigenvalue weighted by Gasteiger charge is -2.26. The summed E-state index contributed by atoms with van der Waals surface area (Å²) in [4.78, 5) is 40.3. The molecule has 44 heavy (non-hydrogen) atoms. The summed E-state index contributed by atoms with van der Waals surface area (Å²) in [6, 6.07) is 10.7. The Labute approximate surface area is 260 Å². The van der Waals surface area contributed by atoms with Crippen molar-refractivity contribution < 1.29 is 33.3 Å². The number of hydrogen-bond acceptors (Lipinski definition) is 8. The third kappa shape index (κ3) is 8.26. The van der Waals surface area contributed by atoms with E-state index >= 15 is 0 Å². The molecule has 0 radical (unpaired) electrons. The van der Waals surface area contributed by atoms with Crippen LogP contribution in [0.3, 0.4) is 0 Å². The maximum atomic E-state index is 13.6. The van der Waals surface area contributed by atoms with Crippen molar-refractivity contribution in [2.75, 3.05) is 13.2 Å². The molecule has 3 rings (SSSR count). The topological polar surface area (TPSA) is 114 Å². The van der Waals surface area contributed by atoms with Gasteiger partial charge in [0, 0.05) is 5.56 Å². The smallest absolute Gasteiger partial charge is 0.344 e. The minimum absolute atomic E-state index is 0.00690. The summed E-state index contributed by atoms with van der Waals surface area (Å²) in [5, 5.41) is 0. The second-order valence-electron chi connectivity index (χ2n) is 12.2. The second-order valence-corrected chi connectivity index (χ2v) is 12.2. The Morgan fingerprint density at radius 3 is 1.48 bits per heavy atom. The highest BCUT2D eigenvalue weighted by molar-refractivity contribution is 6.02. The minimum atomic E-state index is -0.807. The molecule has 1 atom stereocenters. The van der Waals surface area contributed by atoms with E-state index in [2.05, 4.69) is 0 Å². The van der Waals surface area contributed by atoms with Crippen molar-refractivity contribution in [3.8, 4) is 23.0 Å². The first-order valence-corrected chi connectivity index (χ1v) is 15.0. The van der Waals surface area contributed by atoms with Gasteiger partial charge in [0.2, 0.25) is 0 Å². The molecule has 0 aromatic heterocycles. The van der Waals surface area contributed by atoms with Gasteiger partial charge in [0.05, 0.1) is 30.4 Å². The largest absolute Gasteiger partial charge is 0.494 e. The number of Topliss-reactive ketones (excluding diaryl/α,β-unsaturated/α-hetero) is 1. The first kappa shape index (κ1) is 34.3. The predicted molar refractivity (Wildman–Crippen MR) is 172 cm³/mol. The third-order valence-corrected chi connectivity index (χ3v) is 7.22. The van der Waals surface area contributed by atoms with Gasteiger partial charge in [-0.3, -0.25) is 4.79 Å². The summed E-state index contributed by atoms with van der Waals surface area (Å²) >= 11 is 0. The molecule has 8 nitrogen and oxygen atoms in total. The molecule has 0 aliphatic rings. The van der Waals surface area contributed by atoms with Crippen LogP contribution in [0.25, 0.3) is 0 Å². The zero-order valence-electron chi connectivity index (χ0n) is 27.4. The average Bonchev–Trinajstić information content (AvgIpc) is 2.93. The fraction of sp³-hybridized carbons (Fsp3) is 0.417. The van der Waals surface area contributed by atoms with Crippen LogP contribution in [0.15, 0.2) is 42.5 Å². The maximum absolute atomic E-state index is 13.6. The van der Waals surface area contributed by atoms with Crippen LogP contribution >= 0.6 is 0 Å². The Kier molecular flexibility index (Phi) is 11.3. The number of ketones is 1. The molecule has 0 saturated heterocycles. The van der Waals surface area contributed by atoms with Crippen molar-refractivity contribution in [2.45, 2.75) is 81.2 Å². The molecule has 3 aromatic carbocycles. The molecular formula is C36H45NO7. The van der Waals surface area contributed by atoms with E-state index in [4.69, 9.17) is 24.7 Å². The molecule has 0 bridgehead atoms. The molecule has 8 heteroatoms. The zero-order valence-corrected chi connectivity index (χ0v) is 27.4. The van der Waals surface area contributed by atoms with E-state index in [-0.39, 0.29) is 22.8 Å². The van der Waals surface area contributed by atoms with Gasteiger partial charge in [-0.15, -0.1) is 0 Å². The van der Waals surface area contributed by atoms with E-state index in [1.54, 1.807) is 52.0 Å². The molecule has 0 aliphatic heterocycles.